The fourth-order valence-electron chi connectivity index (χ4n) is 2.86. The molecule has 136 valence electrons. The van der Waals surface area contributed by atoms with Crippen LogP contribution in [0.5, 0.6) is 0 Å². The zero-order chi connectivity index (χ0) is 19.7. The van der Waals surface area contributed by atoms with E-state index in [1.54, 1.807) is 0 Å². The lowest BCUT2D eigenvalue weighted by atomic mass is 9.89. The van der Waals surface area contributed by atoms with Gasteiger partial charge in [0.25, 0.3) is 0 Å². The highest BCUT2D eigenvalue weighted by molar-refractivity contribution is 6.31. The lowest BCUT2D eigenvalue weighted by Crippen LogP contribution is -2.04. The first-order valence-electron chi connectivity index (χ1n) is 7.64. The predicted octanol–water partition coefficient (Wildman–Crippen LogP) is 5.86. The topological polar surface area (TPSA) is 74.6 Å². The number of halogens is 3. The van der Waals surface area contributed by atoms with E-state index in [4.69, 9.17) is 23.2 Å². The molecule has 0 unspecified atom stereocenters. The van der Waals surface area contributed by atoms with E-state index >= 15 is 0 Å². The molecule has 3 aromatic rings. The molecule has 4 nitrogen and oxygen atoms in total. The third kappa shape index (κ3) is 3.65. The van der Waals surface area contributed by atoms with Crippen LogP contribution in [0.1, 0.15) is 20.7 Å². The van der Waals surface area contributed by atoms with E-state index in [-0.39, 0.29) is 43.4 Å². The largest absolute Gasteiger partial charge is 0.478 e. The summed E-state index contributed by atoms with van der Waals surface area (Å²) < 4.78 is 14.8. The van der Waals surface area contributed by atoms with E-state index in [9.17, 15) is 24.2 Å². The quantitative estimate of drug-likeness (QED) is 0.570. The Morgan fingerprint density at radius 1 is 0.741 bits per heavy atom. The summed E-state index contributed by atoms with van der Waals surface area (Å²) in [6, 6.07) is 12.2. The van der Waals surface area contributed by atoms with Crippen LogP contribution in [0.25, 0.3) is 22.3 Å². The zero-order valence-electron chi connectivity index (χ0n) is 13.5. The van der Waals surface area contributed by atoms with Crippen LogP contribution in [0.4, 0.5) is 4.39 Å². The molecule has 0 saturated heterocycles. The molecule has 7 heteroatoms. The van der Waals surface area contributed by atoms with Crippen LogP contribution in [0.2, 0.25) is 10.0 Å². The molecular formula is C20H11Cl2FO4. The maximum atomic E-state index is 14.8. The van der Waals surface area contributed by atoms with Crippen LogP contribution in [0.15, 0.2) is 54.6 Å². The van der Waals surface area contributed by atoms with Crippen LogP contribution in [-0.2, 0) is 0 Å². The third-order valence-electron chi connectivity index (χ3n) is 4.00. The van der Waals surface area contributed by atoms with Gasteiger partial charge in [0, 0.05) is 21.2 Å². The van der Waals surface area contributed by atoms with Crippen molar-refractivity contribution in [2.75, 3.05) is 0 Å². The molecule has 0 aromatic heterocycles. The fraction of sp³-hybridized carbons (Fsp3) is 0. The zero-order valence-corrected chi connectivity index (χ0v) is 15.1. The van der Waals surface area contributed by atoms with Crippen LogP contribution in [0, 0.1) is 5.82 Å². The molecule has 0 saturated carbocycles. The summed E-state index contributed by atoms with van der Waals surface area (Å²) in [6.07, 6.45) is 0. The average Bonchev–Trinajstić information content (AvgIpc) is 2.60. The Bertz CT molecular complexity index is 1080. The highest BCUT2D eigenvalue weighted by Gasteiger charge is 2.22. The molecule has 0 aliphatic carbocycles. The fourth-order valence-corrected chi connectivity index (χ4v) is 3.20. The van der Waals surface area contributed by atoms with Gasteiger partial charge < -0.3 is 10.2 Å². The van der Waals surface area contributed by atoms with Crippen molar-refractivity contribution in [2.24, 2.45) is 0 Å². The summed E-state index contributed by atoms with van der Waals surface area (Å²) >= 11 is 12.0. The van der Waals surface area contributed by atoms with Gasteiger partial charge in [-0.15, -0.1) is 0 Å². The number of hydrogen-bond acceptors (Lipinski definition) is 2. The smallest absolute Gasteiger partial charge is 0.336 e. The van der Waals surface area contributed by atoms with Crippen molar-refractivity contribution in [3.8, 4) is 22.3 Å². The van der Waals surface area contributed by atoms with E-state index in [1.807, 2.05) is 0 Å². The van der Waals surface area contributed by atoms with E-state index in [0.717, 1.165) is 6.07 Å². The monoisotopic (exact) mass is 404 g/mol. The number of aromatic carboxylic acids is 2. The van der Waals surface area contributed by atoms with Gasteiger partial charge in [-0.25, -0.2) is 14.0 Å². The Balaban J connectivity index is 2.41. The van der Waals surface area contributed by atoms with Gasteiger partial charge in [0.15, 0.2) is 0 Å². The van der Waals surface area contributed by atoms with Crippen molar-refractivity contribution in [2.45, 2.75) is 0 Å². The molecule has 0 radical (unpaired) electrons. The number of carboxylic acids is 2. The molecule has 0 aliphatic heterocycles. The van der Waals surface area contributed by atoms with Gasteiger partial charge in [0.2, 0.25) is 0 Å². The highest BCUT2D eigenvalue weighted by atomic mass is 35.5. The Hall–Kier alpha value is -2.89. The molecule has 0 atom stereocenters. The molecule has 0 amide bonds. The van der Waals surface area contributed by atoms with Gasteiger partial charge in [0.05, 0.1) is 11.1 Å². The third-order valence-corrected chi connectivity index (χ3v) is 4.47. The number of carbonyl (C=O) groups is 2. The first-order chi connectivity index (χ1) is 12.8. The van der Waals surface area contributed by atoms with Crippen molar-refractivity contribution in [1.82, 2.24) is 0 Å². The van der Waals surface area contributed by atoms with Crippen LogP contribution < -0.4 is 0 Å². The van der Waals surface area contributed by atoms with E-state index < -0.39 is 17.8 Å². The molecule has 3 aromatic carbocycles. The second kappa shape index (κ2) is 7.39. The first kappa shape index (κ1) is 18.9. The molecule has 0 aliphatic rings. The SMILES string of the molecule is O=C(O)c1ccc(Cl)cc1-c1cccc(F)c1-c1cc(Cl)ccc1C(=O)O. The van der Waals surface area contributed by atoms with Crippen molar-refractivity contribution in [3.05, 3.63) is 81.6 Å². The van der Waals surface area contributed by atoms with Crippen LogP contribution >= 0.6 is 23.2 Å². The summed E-state index contributed by atoms with van der Waals surface area (Å²) in [4.78, 5) is 23.2. The highest BCUT2D eigenvalue weighted by Crippen LogP contribution is 2.39. The summed E-state index contributed by atoms with van der Waals surface area (Å²) in [6.45, 7) is 0. The standard InChI is InChI=1S/C20H11Cl2FO4/c21-10-4-6-13(19(24)25)15(8-10)12-2-1-3-17(23)18(12)16-9-11(22)5-7-14(16)20(26)27/h1-9H,(H,24,25)(H,26,27). The maximum Gasteiger partial charge on any atom is 0.336 e. The van der Waals surface area contributed by atoms with E-state index in [2.05, 4.69) is 0 Å². The average molecular weight is 405 g/mol. The van der Waals surface area contributed by atoms with Crippen molar-refractivity contribution in [1.29, 1.82) is 0 Å². The molecule has 2 N–H and O–H groups in total. The predicted molar refractivity (Wildman–Crippen MR) is 101 cm³/mol. The summed E-state index contributed by atoms with van der Waals surface area (Å²) in [5.74, 6) is -3.20. The second-order valence-corrected chi connectivity index (χ2v) is 6.53. The van der Waals surface area contributed by atoms with E-state index in [1.165, 1.54) is 48.5 Å². The van der Waals surface area contributed by atoms with Crippen LogP contribution in [-0.4, -0.2) is 22.2 Å². The Kier molecular flexibility index (Phi) is 5.17. The lowest BCUT2D eigenvalue weighted by Gasteiger charge is -2.16. The van der Waals surface area contributed by atoms with Gasteiger partial charge in [-0.2, -0.15) is 0 Å². The van der Waals surface area contributed by atoms with Gasteiger partial charge in [-0.1, -0.05) is 35.3 Å². The lowest BCUT2D eigenvalue weighted by molar-refractivity contribution is 0.0686. The minimum Gasteiger partial charge on any atom is -0.478 e. The molecule has 0 fully saturated rings. The number of benzene rings is 3. The first-order valence-corrected chi connectivity index (χ1v) is 8.40. The van der Waals surface area contributed by atoms with Gasteiger partial charge in [-0.05, 0) is 53.6 Å². The Labute approximate surface area is 163 Å². The molecule has 27 heavy (non-hydrogen) atoms. The maximum absolute atomic E-state index is 14.8. The second-order valence-electron chi connectivity index (χ2n) is 5.65. The molecule has 0 spiro atoms. The minimum absolute atomic E-state index is 0.0411. The van der Waals surface area contributed by atoms with Gasteiger partial charge >= 0.3 is 11.9 Å². The summed E-state index contributed by atoms with van der Waals surface area (Å²) in [5.41, 5.74) is 0.0804. The molecule has 3 rings (SSSR count). The van der Waals surface area contributed by atoms with Crippen LogP contribution in [0.3, 0.4) is 0 Å². The minimum atomic E-state index is -1.26. The normalized spacial score (nSPS) is 10.6. The van der Waals surface area contributed by atoms with Gasteiger partial charge in [-0.3, -0.25) is 0 Å². The summed E-state index contributed by atoms with van der Waals surface area (Å²) in [5, 5.41) is 19.4. The molecule has 0 heterocycles. The van der Waals surface area contributed by atoms with Crippen molar-refractivity contribution >= 4 is 35.1 Å². The number of rotatable bonds is 4. The van der Waals surface area contributed by atoms with Crippen molar-refractivity contribution < 1.29 is 24.2 Å². The van der Waals surface area contributed by atoms with Gasteiger partial charge in [0.1, 0.15) is 5.82 Å². The molecule has 0 bridgehead atoms. The number of carboxylic acid groups (broad SMARTS) is 2. The Morgan fingerprint density at radius 2 is 1.26 bits per heavy atom. The van der Waals surface area contributed by atoms with E-state index in [0.29, 0.717) is 0 Å². The Morgan fingerprint density at radius 3 is 1.81 bits per heavy atom. The number of hydrogen-bond donors (Lipinski definition) is 2. The summed E-state index contributed by atoms with van der Waals surface area (Å²) in [7, 11) is 0. The molecular weight excluding hydrogens is 394 g/mol. The van der Waals surface area contributed by atoms with Crippen molar-refractivity contribution in [3.63, 3.8) is 0 Å².